The Hall–Kier alpha value is -8.89. The van der Waals surface area contributed by atoms with Gasteiger partial charge in [-0.25, -0.2) is 9.69 Å². The number of halogens is 3. The number of hydrogen-bond acceptors (Lipinski definition) is 2. The number of para-hydroxylation sites is 2. The summed E-state index contributed by atoms with van der Waals surface area (Å²) in [7, 11) is 0. The summed E-state index contributed by atoms with van der Waals surface area (Å²) in [5.41, 5.74) is 7.77. The second kappa shape index (κ2) is 14.4. The van der Waals surface area contributed by atoms with Gasteiger partial charge in [0.2, 0.25) is 0 Å². The number of nitriles is 2. The SMILES string of the molecule is [C-]#[N+]c1cccc(-c2ccc3c4ccccc4n(-c4cc(-c5cc([N+]#[C-])cc(C(F)(F)F)c5)cc(-n5c6ccccc6c6ccc(-c7cccc(C#N)c7)cc65)c4C#N)c3c2)c1. The lowest BCUT2D eigenvalue weighted by Gasteiger charge is -2.19. The molecular formula is C53H27F3N6. The van der Waals surface area contributed by atoms with Gasteiger partial charge in [0.25, 0.3) is 0 Å². The van der Waals surface area contributed by atoms with Crippen LogP contribution >= 0.6 is 0 Å². The lowest BCUT2D eigenvalue weighted by molar-refractivity contribution is -0.137. The van der Waals surface area contributed by atoms with E-state index in [1.807, 2.05) is 130 Å². The van der Waals surface area contributed by atoms with Crippen LogP contribution in [0, 0.1) is 35.8 Å². The van der Waals surface area contributed by atoms with Crippen LogP contribution in [0.15, 0.2) is 164 Å². The Bertz CT molecular complexity index is 3500. The summed E-state index contributed by atoms with van der Waals surface area (Å²) in [5.74, 6) is 0. The third kappa shape index (κ3) is 6.09. The standard InChI is InChI=1S/C53H27F3N6/c1-59-40-12-8-11-34(23-40)36-18-20-45-43-14-4-6-16-48(43)62(50(45)26-36)52-28-38(37-22-39(53(54,55)56)29-41(24-37)60-2)27-51(46(52)31-58)61-47-15-5-3-13-42(47)44-19-17-35(25-49(44)61)33-10-7-9-32(21-33)30-57/h3-29H. The van der Waals surface area contributed by atoms with Gasteiger partial charge >= 0.3 is 6.18 Å². The molecule has 0 aliphatic rings. The molecule has 0 unspecified atom stereocenters. The van der Waals surface area contributed by atoms with Crippen molar-refractivity contribution in [2.45, 2.75) is 6.18 Å². The summed E-state index contributed by atoms with van der Waals surface area (Å²) in [4.78, 5) is 7.05. The van der Waals surface area contributed by atoms with E-state index in [4.69, 9.17) is 13.1 Å². The van der Waals surface area contributed by atoms with Crippen LogP contribution in [-0.4, -0.2) is 9.13 Å². The van der Waals surface area contributed by atoms with Crippen LogP contribution in [0.1, 0.15) is 16.7 Å². The fourth-order valence-electron chi connectivity index (χ4n) is 8.59. The van der Waals surface area contributed by atoms with Crippen molar-refractivity contribution in [3.05, 3.63) is 203 Å². The fraction of sp³-hybridized carbons (Fsp3) is 0.0189. The Morgan fingerprint density at radius 2 is 0.935 bits per heavy atom. The number of fused-ring (bicyclic) bond motifs is 6. The van der Waals surface area contributed by atoms with E-state index >= 15 is 0 Å². The van der Waals surface area contributed by atoms with Crippen LogP contribution in [0.5, 0.6) is 0 Å². The monoisotopic (exact) mass is 804 g/mol. The van der Waals surface area contributed by atoms with Crippen molar-refractivity contribution in [1.29, 1.82) is 10.5 Å². The molecule has 8 aromatic carbocycles. The van der Waals surface area contributed by atoms with Crippen LogP contribution < -0.4 is 0 Å². The molecule has 0 saturated carbocycles. The molecule has 0 fully saturated rings. The van der Waals surface area contributed by atoms with E-state index in [-0.39, 0.29) is 16.8 Å². The van der Waals surface area contributed by atoms with Gasteiger partial charge in [0.15, 0.2) is 11.4 Å². The first-order chi connectivity index (χ1) is 30.2. The molecule has 6 nitrogen and oxygen atoms in total. The molecule has 0 bridgehead atoms. The summed E-state index contributed by atoms with van der Waals surface area (Å²) in [6.07, 6.45) is -4.73. The van der Waals surface area contributed by atoms with Crippen molar-refractivity contribution >= 4 is 55.0 Å². The highest BCUT2D eigenvalue weighted by molar-refractivity contribution is 6.12. The van der Waals surface area contributed by atoms with Crippen LogP contribution in [0.4, 0.5) is 24.5 Å². The molecule has 62 heavy (non-hydrogen) atoms. The van der Waals surface area contributed by atoms with Crippen molar-refractivity contribution in [3.8, 4) is 56.9 Å². The van der Waals surface area contributed by atoms with E-state index in [0.717, 1.165) is 78.0 Å². The van der Waals surface area contributed by atoms with Crippen LogP contribution in [0.2, 0.25) is 0 Å². The van der Waals surface area contributed by atoms with Crippen LogP contribution in [-0.2, 0) is 6.18 Å². The predicted octanol–water partition coefficient (Wildman–Crippen LogP) is 14.7. The second-order valence-electron chi connectivity index (χ2n) is 14.9. The number of benzene rings is 8. The molecule has 0 amide bonds. The van der Waals surface area contributed by atoms with Gasteiger partial charge in [-0.15, -0.1) is 0 Å². The van der Waals surface area contributed by atoms with E-state index in [0.29, 0.717) is 28.2 Å². The molecule has 0 radical (unpaired) electrons. The Labute approximate surface area is 353 Å². The molecule has 2 heterocycles. The van der Waals surface area contributed by atoms with Gasteiger partial charge in [-0.1, -0.05) is 91.0 Å². The first-order valence-electron chi connectivity index (χ1n) is 19.4. The summed E-state index contributed by atoms with van der Waals surface area (Å²) >= 11 is 0. The van der Waals surface area contributed by atoms with Gasteiger partial charge in [0, 0.05) is 27.1 Å². The molecule has 0 N–H and O–H groups in total. The average molecular weight is 805 g/mol. The minimum atomic E-state index is -4.73. The molecule has 2 aromatic heterocycles. The highest BCUT2D eigenvalue weighted by Crippen LogP contribution is 2.43. The summed E-state index contributed by atoms with van der Waals surface area (Å²) in [5, 5.41) is 24.7. The molecule has 0 aliphatic carbocycles. The average Bonchev–Trinajstić information content (AvgIpc) is 3.82. The van der Waals surface area contributed by atoms with Crippen molar-refractivity contribution in [1.82, 2.24) is 9.13 Å². The van der Waals surface area contributed by atoms with Gasteiger partial charge < -0.3 is 9.13 Å². The Balaban J connectivity index is 1.35. The molecule has 290 valence electrons. The molecule has 0 saturated heterocycles. The highest BCUT2D eigenvalue weighted by atomic mass is 19.4. The molecule has 0 atom stereocenters. The number of rotatable bonds is 5. The quantitative estimate of drug-likeness (QED) is 0.163. The summed E-state index contributed by atoms with van der Waals surface area (Å²) < 4.78 is 47.4. The third-order valence-electron chi connectivity index (χ3n) is 11.4. The lowest BCUT2D eigenvalue weighted by atomic mass is 9.97. The molecule has 0 aliphatic heterocycles. The second-order valence-corrected chi connectivity index (χ2v) is 14.9. The normalized spacial score (nSPS) is 11.4. The molecule has 9 heteroatoms. The number of aromatic nitrogens is 2. The minimum Gasteiger partial charge on any atom is -0.308 e. The number of hydrogen-bond donors (Lipinski definition) is 0. The van der Waals surface area contributed by atoms with E-state index in [9.17, 15) is 23.7 Å². The molecular weight excluding hydrogens is 778 g/mol. The maximum atomic E-state index is 14.5. The zero-order chi connectivity index (χ0) is 42.7. The minimum absolute atomic E-state index is 0.157. The van der Waals surface area contributed by atoms with E-state index in [1.165, 1.54) is 6.07 Å². The van der Waals surface area contributed by atoms with Crippen molar-refractivity contribution < 1.29 is 13.2 Å². The van der Waals surface area contributed by atoms with Gasteiger partial charge in [-0.05, 0) is 106 Å². The van der Waals surface area contributed by atoms with Crippen LogP contribution in [0.3, 0.4) is 0 Å². The fourth-order valence-corrected chi connectivity index (χ4v) is 8.59. The van der Waals surface area contributed by atoms with Gasteiger partial charge in [-0.3, -0.25) is 0 Å². The smallest absolute Gasteiger partial charge is 0.308 e. The van der Waals surface area contributed by atoms with Crippen molar-refractivity contribution in [3.63, 3.8) is 0 Å². The van der Waals surface area contributed by atoms with E-state index in [2.05, 4.69) is 21.8 Å². The van der Waals surface area contributed by atoms with Gasteiger partial charge in [0.05, 0.1) is 58.2 Å². The molecule has 0 spiro atoms. The third-order valence-corrected chi connectivity index (χ3v) is 11.4. The molecule has 10 aromatic rings. The predicted molar refractivity (Wildman–Crippen MR) is 238 cm³/mol. The Kier molecular flexibility index (Phi) is 8.70. The van der Waals surface area contributed by atoms with Crippen LogP contribution in [0.25, 0.3) is 98.1 Å². The first kappa shape index (κ1) is 37.4. The van der Waals surface area contributed by atoms with E-state index < -0.39 is 11.7 Å². The lowest BCUT2D eigenvalue weighted by Crippen LogP contribution is -2.06. The topological polar surface area (TPSA) is 66.2 Å². The summed E-state index contributed by atoms with van der Waals surface area (Å²) in [6, 6.07) is 53.7. The van der Waals surface area contributed by atoms with Crippen molar-refractivity contribution in [2.75, 3.05) is 0 Å². The van der Waals surface area contributed by atoms with Gasteiger partial charge in [0.1, 0.15) is 11.6 Å². The number of nitrogens with zero attached hydrogens (tertiary/aromatic N) is 6. The Morgan fingerprint density at radius 3 is 1.48 bits per heavy atom. The largest absolute Gasteiger partial charge is 0.415 e. The first-order valence-corrected chi connectivity index (χ1v) is 19.4. The zero-order valence-corrected chi connectivity index (χ0v) is 32.4. The summed E-state index contributed by atoms with van der Waals surface area (Å²) in [6.45, 7) is 15.4. The highest BCUT2D eigenvalue weighted by Gasteiger charge is 2.32. The van der Waals surface area contributed by atoms with Gasteiger partial charge in [-0.2, -0.15) is 23.7 Å². The maximum Gasteiger partial charge on any atom is 0.415 e. The molecule has 10 rings (SSSR count). The Morgan fingerprint density at radius 1 is 0.435 bits per heavy atom. The number of alkyl halides is 3. The zero-order valence-electron chi connectivity index (χ0n) is 32.4. The van der Waals surface area contributed by atoms with E-state index in [1.54, 1.807) is 24.3 Å². The maximum absolute atomic E-state index is 14.5. The van der Waals surface area contributed by atoms with Crippen molar-refractivity contribution in [2.24, 2.45) is 0 Å².